The third kappa shape index (κ3) is 5.06. The minimum Gasteiger partial charge on any atom is -0.355 e. The Balaban J connectivity index is 0.00000261. The molecule has 1 aromatic heterocycles. The molecule has 3 rings (SSSR count). The van der Waals surface area contributed by atoms with Crippen LogP contribution in [0.4, 0.5) is 4.39 Å². The number of hydrogen-bond donors (Lipinski definition) is 2. The van der Waals surface area contributed by atoms with Gasteiger partial charge in [0.05, 0.1) is 22.8 Å². The lowest BCUT2D eigenvalue weighted by atomic mass is 9.90. The van der Waals surface area contributed by atoms with Crippen LogP contribution in [0.25, 0.3) is 0 Å². The van der Waals surface area contributed by atoms with Gasteiger partial charge in [-0.25, -0.2) is 12.8 Å². The Morgan fingerprint density at radius 1 is 1.33 bits per heavy atom. The van der Waals surface area contributed by atoms with Crippen molar-refractivity contribution >= 4 is 28.2 Å². The van der Waals surface area contributed by atoms with E-state index in [2.05, 4.69) is 15.7 Å². The quantitative estimate of drug-likeness (QED) is 0.682. The van der Waals surface area contributed by atoms with Crippen molar-refractivity contribution in [2.45, 2.75) is 10.8 Å². The third-order valence-electron chi connectivity index (χ3n) is 4.55. The van der Waals surface area contributed by atoms with Gasteiger partial charge in [0.2, 0.25) is 5.91 Å². The van der Waals surface area contributed by atoms with Gasteiger partial charge in [-0.05, 0) is 29.8 Å². The van der Waals surface area contributed by atoms with Crippen molar-refractivity contribution in [1.82, 2.24) is 20.4 Å². The number of benzene rings is 1. The fourth-order valence-electron chi connectivity index (χ4n) is 3.14. The van der Waals surface area contributed by atoms with Gasteiger partial charge in [0.25, 0.3) is 0 Å². The van der Waals surface area contributed by atoms with Gasteiger partial charge in [0.1, 0.15) is 5.82 Å². The normalized spacial score (nSPS) is 19.5. The molecule has 1 aromatic carbocycles. The minimum absolute atomic E-state index is 0. The van der Waals surface area contributed by atoms with Crippen LogP contribution < -0.4 is 10.6 Å². The first-order valence-corrected chi connectivity index (χ1v) is 9.97. The van der Waals surface area contributed by atoms with E-state index in [1.807, 2.05) is 13.2 Å². The molecule has 2 N–H and O–H groups in total. The molecule has 2 aromatic rings. The van der Waals surface area contributed by atoms with Crippen LogP contribution in [-0.4, -0.2) is 49.5 Å². The van der Waals surface area contributed by atoms with Gasteiger partial charge in [-0.2, -0.15) is 5.10 Å². The molecule has 7 nitrogen and oxygen atoms in total. The number of rotatable bonds is 6. The molecule has 2 heterocycles. The number of nitrogens with zero attached hydrogens (tertiary/aromatic N) is 2. The summed E-state index contributed by atoms with van der Waals surface area (Å²) < 4.78 is 39.1. The van der Waals surface area contributed by atoms with Crippen LogP contribution in [0.15, 0.2) is 41.6 Å². The molecule has 0 bridgehead atoms. The van der Waals surface area contributed by atoms with Gasteiger partial charge >= 0.3 is 0 Å². The molecule has 1 amide bonds. The van der Waals surface area contributed by atoms with Crippen molar-refractivity contribution in [2.75, 3.05) is 25.4 Å². The van der Waals surface area contributed by atoms with E-state index in [0.717, 1.165) is 17.7 Å². The van der Waals surface area contributed by atoms with E-state index in [-0.39, 0.29) is 47.3 Å². The molecule has 1 aliphatic heterocycles. The SMILES string of the molecule is Cl.Cn1cc([C@H]2CNC[C@@H]2C(=O)NCCS(=O)(=O)c2ccc(F)cc2)cn1. The van der Waals surface area contributed by atoms with E-state index < -0.39 is 15.7 Å². The van der Waals surface area contributed by atoms with Gasteiger partial charge in [0.15, 0.2) is 9.84 Å². The fraction of sp³-hybridized carbons (Fsp3) is 0.412. The molecule has 1 aliphatic rings. The van der Waals surface area contributed by atoms with Crippen LogP contribution >= 0.6 is 12.4 Å². The smallest absolute Gasteiger partial charge is 0.225 e. The summed E-state index contributed by atoms with van der Waals surface area (Å²) in [7, 11) is -1.75. The van der Waals surface area contributed by atoms with Crippen LogP contribution in [0, 0.1) is 11.7 Å². The molecule has 2 atom stereocenters. The van der Waals surface area contributed by atoms with E-state index in [0.29, 0.717) is 13.1 Å². The van der Waals surface area contributed by atoms with E-state index in [9.17, 15) is 17.6 Å². The Bertz CT molecular complexity index is 886. The van der Waals surface area contributed by atoms with E-state index >= 15 is 0 Å². The second kappa shape index (κ2) is 8.81. The van der Waals surface area contributed by atoms with Gasteiger partial charge in [-0.1, -0.05) is 0 Å². The van der Waals surface area contributed by atoms with Gasteiger partial charge in [-0.3, -0.25) is 9.48 Å². The summed E-state index contributed by atoms with van der Waals surface area (Å²) in [5.41, 5.74) is 0.983. The lowest BCUT2D eigenvalue weighted by Crippen LogP contribution is -2.37. The molecule has 0 unspecified atom stereocenters. The van der Waals surface area contributed by atoms with Gasteiger partial charge in [0, 0.05) is 38.8 Å². The van der Waals surface area contributed by atoms with E-state index in [4.69, 9.17) is 0 Å². The van der Waals surface area contributed by atoms with Crippen LogP contribution in [0.1, 0.15) is 11.5 Å². The number of carbonyl (C=O) groups is 1. The topological polar surface area (TPSA) is 93.1 Å². The zero-order valence-corrected chi connectivity index (χ0v) is 16.4. The highest BCUT2D eigenvalue weighted by Crippen LogP contribution is 2.27. The predicted octanol–water partition coefficient (Wildman–Crippen LogP) is 0.874. The highest BCUT2D eigenvalue weighted by atomic mass is 35.5. The van der Waals surface area contributed by atoms with Crippen LogP contribution in [0.5, 0.6) is 0 Å². The standard InChI is InChI=1S/C17H21FN4O3S.ClH/c1-22-11-12(8-21-22)15-9-19-10-16(15)17(23)20-6-7-26(24,25)14-4-2-13(18)3-5-14;/h2-5,8,11,15-16,19H,6-7,9-10H2,1H3,(H,20,23);1H/t15-,16+;/m1./s1. The number of nitrogens with one attached hydrogen (secondary N) is 2. The maximum Gasteiger partial charge on any atom is 0.225 e. The van der Waals surface area contributed by atoms with Gasteiger partial charge in [-0.15, -0.1) is 12.4 Å². The van der Waals surface area contributed by atoms with Crippen molar-refractivity contribution in [3.63, 3.8) is 0 Å². The maximum absolute atomic E-state index is 12.9. The number of halogens is 2. The summed E-state index contributed by atoms with van der Waals surface area (Å²) in [5, 5.41) is 10.0. The molecule has 0 spiro atoms. The van der Waals surface area contributed by atoms with Crippen molar-refractivity contribution < 1.29 is 17.6 Å². The first-order chi connectivity index (χ1) is 12.4. The number of hydrogen-bond acceptors (Lipinski definition) is 5. The monoisotopic (exact) mass is 416 g/mol. The highest BCUT2D eigenvalue weighted by molar-refractivity contribution is 7.91. The summed E-state index contributed by atoms with van der Waals surface area (Å²) in [5.74, 6) is -1.17. The minimum atomic E-state index is -3.57. The van der Waals surface area contributed by atoms with Crippen molar-refractivity contribution in [3.8, 4) is 0 Å². The average molecular weight is 417 g/mol. The lowest BCUT2D eigenvalue weighted by Gasteiger charge is -2.17. The Morgan fingerprint density at radius 2 is 2.04 bits per heavy atom. The summed E-state index contributed by atoms with van der Waals surface area (Å²) in [4.78, 5) is 12.5. The van der Waals surface area contributed by atoms with Crippen LogP contribution in [0.3, 0.4) is 0 Å². The zero-order valence-electron chi connectivity index (χ0n) is 14.8. The zero-order chi connectivity index (χ0) is 18.7. The van der Waals surface area contributed by atoms with Crippen molar-refractivity contribution in [2.24, 2.45) is 13.0 Å². The Kier molecular flexibility index (Phi) is 6.96. The highest BCUT2D eigenvalue weighted by Gasteiger charge is 2.34. The number of sulfone groups is 1. The average Bonchev–Trinajstić information content (AvgIpc) is 3.23. The van der Waals surface area contributed by atoms with E-state index in [1.165, 1.54) is 12.1 Å². The van der Waals surface area contributed by atoms with E-state index in [1.54, 1.807) is 10.9 Å². The van der Waals surface area contributed by atoms with Crippen LogP contribution in [0.2, 0.25) is 0 Å². The predicted molar refractivity (Wildman–Crippen MR) is 101 cm³/mol. The summed E-state index contributed by atoms with van der Waals surface area (Å²) in [6.45, 7) is 1.22. The molecule has 0 radical (unpaired) electrons. The molecule has 10 heteroatoms. The lowest BCUT2D eigenvalue weighted by molar-refractivity contribution is -0.124. The fourth-order valence-corrected chi connectivity index (χ4v) is 4.29. The first-order valence-electron chi connectivity index (χ1n) is 8.32. The van der Waals surface area contributed by atoms with Crippen molar-refractivity contribution in [1.29, 1.82) is 0 Å². The summed E-state index contributed by atoms with van der Waals surface area (Å²) in [6, 6.07) is 4.67. The summed E-state index contributed by atoms with van der Waals surface area (Å²) >= 11 is 0. The number of aromatic nitrogens is 2. The largest absolute Gasteiger partial charge is 0.355 e. The Labute approximate surface area is 163 Å². The third-order valence-corrected chi connectivity index (χ3v) is 6.28. The maximum atomic E-state index is 12.9. The number of amides is 1. The molecule has 1 fully saturated rings. The number of carbonyl (C=O) groups excluding carboxylic acids is 1. The molecular weight excluding hydrogens is 395 g/mol. The molecule has 0 saturated carbocycles. The molecule has 1 saturated heterocycles. The first kappa shape index (κ1) is 21.3. The van der Waals surface area contributed by atoms with Crippen molar-refractivity contribution in [3.05, 3.63) is 48.0 Å². The Morgan fingerprint density at radius 3 is 2.67 bits per heavy atom. The Hall–Kier alpha value is -1.97. The molecule has 148 valence electrons. The molecule has 27 heavy (non-hydrogen) atoms. The number of aryl methyl sites for hydroxylation is 1. The molecular formula is C17H22ClFN4O3S. The van der Waals surface area contributed by atoms with Gasteiger partial charge < -0.3 is 10.6 Å². The second-order valence-electron chi connectivity index (χ2n) is 6.38. The second-order valence-corrected chi connectivity index (χ2v) is 8.49. The van der Waals surface area contributed by atoms with Crippen LogP contribution in [-0.2, 0) is 21.7 Å². The summed E-state index contributed by atoms with van der Waals surface area (Å²) in [6.07, 6.45) is 3.63. The molecule has 0 aliphatic carbocycles.